The maximum absolute atomic E-state index is 5.75. The molecule has 1 N–H and O–H groups in total. The number of hydrogen-bond acceptors (Lipinski definition) is 2. The third kappa shape index (κ3) is 6.18. The van der Waals surface area contributed by atoms with Crippen molar-refractivity contribution in [1.82, 2.24) is 14.8 Å². The lowest BCUT2D eigenvalue weighted by atomic mass is 10.2. The third-order valence-electron chi connectivity index (χ3n) is 4.17. The highest BCUT2D eigenvalue weighted by Gasteiger charge is 2.07. The summed E-state index contributed by atoms with van der Waals surface area (Å²) in [6.45, 7) is 4.54. The fourth-order valence-electron chi connectivity index (χ4n) is 2.62. The molecule has 0 fully saturated rings. The average Bonchev–Trinajstić information content (AvgIpc) is 3.00. The Morgan fingerprint density at radius 3 is 2.60 bits per heavy atom. The van der Waals surface area contributed by atoms with E-state index in [0.29, 0.717) is 0 Å². The molecule has 0 bridgehead atoms. The molecule has 0 unspecified atom stereocenters. The van der Waals surface area contributed by atoms with Crippen LogP contribution in [0.25, 0.3) is 0 Å². The van der Waals surface area contributed by atoms with Gasteiger partial charge in [0.15, 0.2) is 5.96 Å². The summed E-state index contributed by atoms with van der Waals surface area (Å²) >= 11 is 0. The molecule has 0 amide bonds. The van der Waals surface area contributed by atoms with Gasteiger partial charge in [-0.3, -0.25) is 4.99 Å². The molecule has 2 aromatic rings. The van der Waals surface area contributed by atoms with Gasteiger partial charge in [-0.15, -0.1) is 0 Å². The van der Waals surface area contributed by atoms with Crippen LogP contribution in [-0.2, 0) is 13.6 Å². The Morgan fingerprint density at radius 1 is 1.20 bits per heavy atom. The van der Waals surface area contributed by atoms with E-state index in [2.05, 4.69) is 71.3 Å². The molecule has 0 aliphatic heterocycles. The summed E-state index contributed by atoms with van der Waals surface area (Å²) in [6.07, 6.45) is 4.12. The summed E-state index contributed by atoms with van der Waals surface area (Å²) in [5, 5.41) is 3.42. The predicted molar refractivity (Wildman–Crippen MR) is 104 cm³/mol. The standard InChI is InChI=1S/C20H30N4O/c1-17-9-11-19(12-10-17)25-15-6-5-13-22-20(21-2)24(4)16-18-8-7-14-23(18)3/h7-12,14H,5-6,13,15-16H2,1-4H3,(H,21,22). The number of nitrogens with one attached hydrogen (secondary N) is 1. The fraction of sp³-hybridized carbons (Fsp3) is 0.450. The molecule has 0 radical (unpaired) electrons. The monoisotopic (exact) mass is 342 g/mol. The van der Waals surface area contributed by atoms with Gasteiger partial charge in [-0.2, -0.15) is 0 Å². The van der Waals surface area contributed by atoms with Gasteiger partial charge in [0.2, 0.25) is 0 Å². The van der Waals surface area contributed by atoms with E-state index in [-0.39, 0.29) is 0 Å². The van der Waals surface area contributed by atoms with Crippen LogP contribution in [0.1, 0.15) is 24.1 Å². The predicted octanol–water partition coefficient (Wildman–Crippen LogP) is 3.20. The van der Waals surface area contributed by atoms with Crippen LogP contribution < -0.4 is 10.1 Å². The van der Waals surface area contributed by atoms with Crippen molar-refractivity contribution in [3.05, 3.63) is 53.9 Å². The summed E-state index contributed by atoms with van der Waals surface area (Å²) in [6, 6.07) is 12.4. The van der Waals surface area contributed by atoms with Crippen molar-refractivity contribution in [1.29, 1.82) is 0 Å². The van der Waals surface area contributed by atoms with Crippen LogP contribution in [0.2, 0.25) is 0 Å². The Morgan fingerprint density at radius 2 is 1.96 bits per heavy atom. The first kappa shape index (κ1) is 18.9. The van der Waals surface area contributed by atoms with Crippen LogP contribution in [-0.4, -0.2) is 42.7 Å². The zero-order valence-electron chi connectivity index (χ0n) is 15.8. The Labute approximate surface area is 151 Å². The van der Waals surface area contributed by atoms with Crippen LogP contribution in [0.15, 0.2) is 47.6 Å². The van der Waals surface area contributed by atoms with Crippen LogP contribution in [0, 0.1) is 6.92 Å². The van der Waals surface area contributed by atoms with Crippen molar-refractivity contribution in [2.24, 2.45) is 12.0 Å². The molecule has 25 heavy (non-hydrogen) atoms. The maximum Gasteiger partial charge on any atom is 0.193 e. The van der Waals surface area contributed by atoms with Crippen LogP contribution in [0.3, 0.4) is 0 Å². The van der Waals surface area contributed by atoms with Crippen molar-refractivity contribution in [2.75, 3.05) is 27.2 Å². The first-order chi connectivity index (χ1) is 12.1. The van der Waals surface area contributed by atoms with Crippen LogP contribution in [0.5, 0.6) is 5.75 Å². The normalized spacial score (nSPS) is 11.4. The van der Waals surface area contributed by atoms with Crippen molar-refractivity contribution in [3.8, 4) is 5.75 Å². The molecule has 0 saturated carbocycles. The SMILES string of the molecule is CN=C(NCCCCOc1ccc(C)cc1)N(C)Cc1cccn1C. The largest absolute Gasteiger partial charge is 0.494 e. The topological polar surface area (TPSA) is 41.8 Å². The molecule has 1 heterocycles. The molecule has 0 spiro atoms. The van der Waals surface area contributed by atoms with Gasteiger partial charge in [-0.1, -0.05) is 17.7 Å². The summed E-state index contributed by atoms with van der Waals surface area (Å²) < 4.78 is 7.89. The molecule has 0 atom stereocenters. The van der Waals surface area contributed by atoms with Gasteiger partial charge in [0, 0.05) is 39.6 Å². The molecule has 0 aliphatic carbocycles. The van der Waals surface area contributed by atoms with Gasteiger partial charge in [0.25, 0.3) is 0 Å². The quantitative estimate of drug-likeness (QED) is 0.455. The second-order valence-corrected chi connectivity index (χ2v) is 6.31. The molecule has 0 aliphatic rings. The number of unbranched alkanes of at least 4 members (excludes halogenated alkanes) is 1. The molecular weight excluding hydrogens is 312 g/mol. The van der Waals surface area contributed by atoms with E-state index in [1.165, 1.54) is 11.3 Å². The molecule has 5 heteroatoms. The Kier molecular flexibility index (Phi) is 7.38. The molecule has 5 nitrogen and oxygen atoms in total. The van der Waals surface area contributed by atoms with E-state index in [1.54, 1.807) is 0 Å². The van der Waals surface area contributed by atoms with Gasteiger partial charge >= 0.3 is 0 Å². The minimum absolute atomic E-state index is 0.739. The Bertz CT molecular complexity index is 661. The first-order valence-corrected chi connectivity index (χ1v) is 8.81. The van der Waals surface area contributed by atoms with Gasteiger partial charge in [-0.05, 0) is 44.0 Å². The number of hydrogen-bond donors (Lipinski definition) is 1. The number of ether oxygens (including phenoxy) is 1. The van der Waals surface area contributed by atoms with E-state index < -0.39 is 0 Å². The maximum atomic E-state index is 5.75. The van der Waals surface area contributed by atoms with Gasteiger partial charge in [0.1, 0.15) is 5.75 Å². The first-order valence-electron chi connectivity index (χ1n) is 8.81. The average molecular weight is 342 g/mol. The minimum atomic E-state index is 0.739. The van der Waals surface area contributed by atoms with Gasteiger partial charge < -0.3 is 19.5 Å². The third-order valence-corrected chi connectivity index (χ3v) is 4.17. The highest BCUT2D eigenvalue weighted by molar-refractivity contribution is 5.79. The zero-order valence-corrected chi connectivity index (χ0v) is 15.8. The smallest absolute Gasteiger partial charge is 0.193 e. The molecule has 136 valence electrons. The number of aliphatic imine (C=N–C) groups is 1. The van der Waals surface area contributed by atoms with E-state index in [9.17, 15) is 0 Å². The molecule has 0 saturated heterocycles. The second-order valence-electron chi connectivity index (χ2n) is 6.31. The van der Waals surface area contributed by atoms with Gasteiger partial charge in [0.05, 0.1) is 13.2 Å². The molecule has 2 rings (SSSR count). The summed E-state index contributed by atoms with van der Waals surface area (Å²) in [4.78, 5) is 6.50. The summed E-state index contributed by atoms with van der Waals surface area (Å²) in [5.74, 6) is 1.86. The van der Waals surface area contributed by atoms with Crippen molar-refractivity contribution in [3.63, 3.8) is 0 Å². The molecule has 1 aromatic carbocycles. The zero-order chi connectivity index (χ0) is 18.1. The number of nitrogens with zero attached hydrogens (tertiary/aromatic N) is 3. The Balaban J connectivity index is 1.63. The summed E-state index contributed by atoms with van der Waals surface area (Å²) in [5.41, 5.74) is 2.51. The van der Waals surface area contributed by atoms with E-state index in [4.69, 9.17) is 4.74 Å². The fourth-order valence-corrected chi connectivity index (χ4v) is 2.62. The van der Waals surface area contributed by atoms with Gasteiger partial charge in [-0.25, -0.2) is 0 Å². The number of guanidine groups is 1. The second kappa shape index (κ2) is 9.77. The highest BCUT2D eigenvalue weighted by Crippen LogP contribution is 2.11. The number of aromatic nitrogens is 1. The van der Waals surface area contributed by atoms with Crippen LogP contribution >= 0.6 is 0 Å². The number of benzene rings is 1. The number of rotatable bonds is 8. The lowest BCUT2D eigenvalue weighted by molar-refractivity contribution is 0.306. The molecular formula is C20H30N4O. The van der Waals surface area contributed by atoms with Crippen molar-refractivity contribution >= 4 is 5.96 Å². The molecule has 1 aromatic heterocycles. The lowest BCUT2D eigenvalue weighted by Gasteiger charge is -2.22. The van der Waals surface area contributed by atoms with E-state index >= 15 is 0 Å². The summed E-state index contributed by atoms with van der Waals surface area (Å²) in [7, 11) is 5.95. The number of aryl methyl sites for hydroxylation is 2. The lowest BCUT2D eigenvalue weighted by Crippen LogP contribution is -2.39. The Hall–Kier alpha value is -2.43. The van der Waals surface area contributed by atoms with E-state index in [0.717, 1.165) is 44.2 Å². The van der Waals surface area contributed by atoms with E-state index in [1.807, 2.05) is 19.2 Å². The van der Waals surface area contributed by atoms with Crippen LogP contribution in [0.4, 0.5) is 0 Å². The highest BCUT2D eigenvalue weighted by atomic mass is 16.5. The minimum Gasteiger partial charge on any atom is -0.494 e. The van der Waals surface area contributed by atoms with Crippen molar-refractivity contribution in [2.45, 2.75) is 26.3 Å². The van der Waals surface area contributed by atoms with Crippen molar-refractivity contribution < 1.29 is 4.74 Å².